The predicted octanol–water partition coefficient (Wildman–Crippen LogP) is 4.45. The van der Waals surface area contributed by atoms with Crippen LogP contribution < -0.4 is 10.6 Å². The van der Waals surface area contributed by atoms with Crippen molar-refractivity contribution in [2.75, 3.05) is 24.5 Å². The van der Waals surface area contributed by atoms with Crippen LogP contribution in [0, 0.1) is 17.6 Å². The molecule has 0 aliphatic carbocycles. The zero-order chi connectivity index (χ0) is 21.8. The van der Waals surface area contributed by atoms with Gasteiger partial charge in [0, 0.05) is 54.8 Å². The van der Waals surface area contributed by atoms with Crippen molar-refractivity contribution in [3.05, 3.63) is 66.6 Å². The van der Waals surface area contributed by atoms with Crippen molar-refractivity contribution >= 4 is 27.6 Å². The molecule has 6 nitrogen and oxygen atoms in total. The van der Waals surface area contributed by atoms with E-state index in [0.29, 0.717) is 23.8 Å². The second-order valence-electron chi connectivity index (χ2n) is 8.21. The highest BCUT2D eigenvalue weighted by Gasteiger charge is 2.31. The number of nitrogens with one attached hydrogen (secondary N) is 2. The molecule has 4 heterocycles. The first-order chi connectivity index (χ1) is 15.6. The summed E-state index contributed by atoms with van der Waals surface area (Å²) >= 11 is 0. The molecular formula is C24H20F2N6. The van der Waals surface area contributed by atoms with Gasteiger partial charge in [0.1, 0.15) is 17.2 Å². The molecule has 6 rings (SSSR count). The molecule has 0 radical (unpaired) electrons. The highest BCUT2D eigenvalue weighted by atomic mass is 19.1. The lowest BCUT2D eigenvalue weighted by atomic mass is 9.94. The Balaban J connectivity index is 1.59. The van der Waals surface area contributed by atoms with Crippen LogP contribution >= 0.6 is 0 Å². The van der Waals surface area contributed by atoms with E-state index in [1.165, 1.54) is 6.07 Å². The topological polar surface area (TPSA) is 86.6 Å². The van der Waals surface area contributed by atoms with E-state index in [0.717, 1.165) is 52.4 Å². The van der Waals surface area contributed by atoms with E-state index in [2.05, 4.69) is 37.0 Å². The van der Waals surface area contributed by atoms with Crippen LogP contribution in [0.4, 0.5) is 14.5 Å². The Morgan fingerprint density at radius 3 is 2.75 bits per heavy atom. The largest absolute Gasteiger partial charge is 0.370 e. The van der Waals surface area contributed by atoms with E-state index in [-0.39, 0.29) is 5.52 Å². The number of hydrogen-bond acceptors (Lipinski definition) is 4. The number of aromatic amines is 2. The average Bonchev–Trinajstić information content (AvgIpc) is 3.40. The van der Waals surface area contributed by atoms with Crippen molar-refractivity contribution in [1.29, 1.82) is 0 Å². The second-order valence-corrected chi connectivity index (χ2v) is 8.21. The number of nitrogens with zero attached hydrogens (tertiary/aromatic N) is 3. The Morgan fingerprint density at radius 2 is 1.91 bits per heavy atom. The summed E-state index contributed by atoms with van der Waals surface area (Å²) < 4.78 is 28.1. The minimum atomic E-state index is -0.698. The molecule has 1 fully saturated rings. The van der Waals surface area contributed by atoms with Crippen LogP contribution in [0.15, 0.2) is 55.0 Å². The standard InChI is InChI=1S/C24H20F2N6/c25-15-6-19(26)22-20(7-15)30-24(31-22)18-10-28-9-17(23(18)32-11-13(8-27)12-32)16-3-1-2-14-4-5-29-21(14)16/h1-7,9-10,13,29H,8,11-12,27H2,(H,30,31). The summed E-state index contributed by atoms with van der Waals surface area (Å²) in [5.41, 5.74) is 10.9. The molecule has 160 valence electrons. The third-order valence-corrected chi connectivity index (χ3v) is 6.16. The SMILES string of the molecule is NCC1CN(c2c(-c3nc4c(F)cc(F)cc4[nH]3)cncc2-c2cccc3cc[nH]c23)C1. The highest BCUT2D eigenvalue weighted by molar-refractivity contribution is 6.00. The molecule has 32 heavy (non-hydrogen) atoms. The molecular weight excluding hydrogens is 410 g/mol. The number of imidazole rings is 1. The van der Waals surface area contributed by atoms with E-state index in [1.54, 1.807) is 6.20 Å². The first kappa shape index (κ1) is 18.9. The fourth-order valence-corrected chi connectivity index (χ4v) is 4.55. The van der Waals surface area contributed by atoms with Gasteiger partial charge in [-0.25, -0.2) is 13.8 Å². The molecule has 0 atom stereocenters. The molecule has 3 aromatic heterocycles. The molecule has 5 aromatic rings. The van der Waals surface area contributed by atoms with Gasteiger partial charge < -0.3 is 20.6 Å². The number of fused-ring (bicyclic) bond motifs is 2. The average molecular weight is 430 g/mol. The summed E-state index contributed by atoms with van der Waals surface area (Å²) in [6.07, 6.45) is 5.47. The number of aromatic nitrogens is 4. The smallest absolute Gasteiger partial charge is 0.153 e. The fraction of sp³-hybridized carbons (Fsp3) is 0.167. The summed E-state index contributed by atoms with van der Waals surface area (Å²) in [6, 6.07) is 10.2. The lowest BCUT2D eigenvalue weighted by molar-refractivity contribution is 0.421. The fourth-order valence-electron chi connectivity index (χ4n) is 4.55. The van der Waals surface area contributed by atoms with Gasteiger partial charge >= 0.3 is 0 Å². The predicted molar refractivity (Wildman–Crippen MR) is 121 cm³/mol. The summed E-state index contributed by atoms with van der Waals surface area (Å²) in [6.45, 7) is 2.24. The van der Waals surface area contributed by atoms with Gasteiger partial charge in [0.05, 0.1) is 22.3 Å². The van der Waals surface area contributed by atoms with E-state index in [4.69, 9.17) is 5.73 Å². The number of benzene rings is 2. The normalized spacial score (nSPS) is 14.4. The van der Waals surface area contributed by atoms with E-state index in [9.17, 15) is 8.78 Å². The van der Waals surface area contributed by atoms with Crippen molar-refractivity contribution in [2.24, 2.45) is 11.7 Å². The number of halogens is 2. The molecule has 0 saturated carbocycles. The molecule has 1 saturated heterocycles. The molecule has 2 aromatic carbocycles. The van der Waals surface area contributed by atoms with Crippen LogP contribution in [-0.2, 0) is 0 Å². The maximum absolute atomic E-state index is 14.3. The number of H-pyrrole nitrogens is 2. The van der Waals surface area contributed by atoms with Gasteiger partial charge in [-0.15, -0.1) is 0 Å². The highest BCUT2D eigenvalue weighted by Crippen LogP contribution is 2.43. The minimum Gasteiger partial charge on any atom is -0.370 e. The van der Waals surface area contributed by atoms with Crippen molar-refractivity contribution in [2.45, 2.75) is 0 Å². The van der Waals surface area contributed by atoms with E-state index >= 15 is 0 Å². The third-order valence-electron chi connectivity index (χ3n) is 6.16. The number of anilines is 1. The molecule has 0 unspecified atom stereocenters. The molecule has 0 spiro atoms. The summed E-state index contributed by atoms with van der Waals surface area (Å²) in [4.78, 5) is 17.6. The molecule has 4 N–H and O–H groups in total. The Bertz CT molecular complexity index is 1460. The first-order valence-electron chi connectivity index (χ1n) is 10.5. The summed E-state index contributed by atoms with van der Waals surface area (Å²) in [5, 5.41) is 1.10. The zero-order valence-electron chi connectivity index (χ0n) is 17.1. The van der Waals surface area contributed by atoms with Crippen molar-refractivity contribution in [3.8, 4) is 22.5 Å². The number of pyridine rings is 1. The lowest BCUT2D eigenvalue weighted by Crippen LogP contribution is -2.50. The van der Waals surface area contributed by atoms with Gasteiger partial charge in [-0.05, 0) is 24.1 Å². The van der Waals surface area contributed by atoms with Gasteiger partial charge in [0.25, 0.3) is 0 Å². The van der Waals surface area contributed by atoms with Gasteiger partial charge in [0.15, 0.2) is 5.82 Å². The lowest BCUT2D eigenvalue weighted by Gasteiger charge is -2.42. The Kier molecular flexibility index (Phi) is 4.22. The maximum Gasteiger partial charge on any atom is 0.153 e. The molecule has 1 aliphatic heterocycles. The molecule has 0 amide bonds. The van der Waals surface area contributed by atoms with Gasteiger partial charge in [-0.2, -0.15) is 0 Å². The maximum atomic E-state index is 14.3. The number of nitrogens with two attached hydrogens (primary N) is 1. The Hall–Kier alpha value is -3.78. The zero-order valence-corrected chi connectivity index (χ0v) is 17.1. The monoisotopic (exact) mass is 430 g/mol. The van der Waals surface area contributed by atoms with E-state index in [1.807, 2.05) is 24.5 Å². The summed E-state index contributed by atoms with van der Waals surface area (Å²) in [7, 11) is 0. The van der Waals surface area contributed by atoms with E-state index < -0.39 is 11.6 Å². The van der Waals surface area contributed by atoms with Gasteiger partial charge in [0.2, 0.25) is 0 Å². The molecule has 8 heteroatoms. The molecule has 1 aliphatic rings. The Labute approximate surface area is 182 Å². The number of para-hydroxylation sites is 1. The minimum absolute atomic E-state index is 0.104. The van der Waals surface area contributed by atoms with Crippen LogP contribution in [0.25, 0.3) is 44.5 Å². The van der Waals surface area contributed by atoms with Crippen LogP contribution in [0.5, 0.6) is 0 Å². The van der Waals surface area contributed by atoms with Crippen molar-refractivity contribution in [1.82, 2.24) is 19.9 Å². The van der Waals surface area contributed by atoms with Gasteiger partial charge in [-0.1, -0.05) is 18.2 Å². The molecule has 0 bridgehead atoms. The summed E-state index contributed by atoms with van der Waals surface area (Å²) in [5.74, 6) is -0.489. The Morgan fingerprint density at radius 1 is 1.06 bits per heavy atom. The first-order valence-corrected chi connectivity index (χ1v) is 10.5. The quantitative estimate of drug-likeness (QED) is 0.393. The van der Waals surface area contributed by atoms with Crippen molar-refractivity contribution < 1.29 is 8.78 Å². The number of rotatable bonds is 4. The van der Waals surface area contributed by atoms with Crippen LogP contribution in [0.3, 0.4) is 0 Å². The van der Waals surface area contributed by atoms with Crippen molar-refractivity contribution in [3.63, 3.8) is 0 Å². The van der Waals surface area contributed by atoms with Crippen LogP contribution in [-0.4, -0.2) is 39.6 Å². The van der Waals surface area contributed by atoms with Crippen LogP contribution in [0.1, 0.15) is 0 Å². The van der Waals surface area contributed by atoms with Crippen LogP contribution in [0.2, 0.25) is 0 Å². The van der Waals surface area contributed by atoms with Gasteiger partial charge in [-0.3, -0.25) is 4.98 Å². The number of hydrogen-bond donors (Lipinski definition) is 3. The third kappa shape index (κ3) is 2.87. The second kappa shape index (κ2) is 7.13.